The van der Waals surface area contributed by atoms with Gasteiger partial charge in [0.15, 0.2) is 0 Å². The molecule has 0 nitrogen and oxygen atoms in total. The monoisotopic (exact) mass is 127 g/mol. The maximum Gasteiger partial charge on any atom is -0.0386 e. The van der Waals surface area contributed by atoms with Gasteiger partial charge in [0.05, 0.1) is 0 Å². The Morgan fingerprint density at radius 1 is 1.33 bits per heavy atom. The summed E-state index contributed by atoms with van der Waals surface area (Å²) in [6.45, 7) is 9.02. The summed E-state index contributed by atoms with van der Waals surface area (Å²) in [5.74, 6) is 1.67. The van der Waals surface area contributed by atoms with E-state index in [2.05, 4.69) is 34.1 Å². The van der Waals surface area contributed by atoms with Crippen molar-refractivity contribution in [2.24, 2.45) is 11.8 Å². The Balaban J connectivity index is 3.32. The van der Waals surface area contributed by atoms with Crippen LogP contribution in [0.15, 0.2) is 0 Å². The van der Waals surface area contributed by atoms with E-state index in [9.17, 15) is 0 Å². The minimum atomic E-state index is 0.796. The van der Waals surface area contributed by atoms with Crippen LogP contribution in [0.4, 0.5) is 0 Å². The molecule has 0 aromatic heterocycles. The van der Waals surface area contributed by atoms with Crippen LogP contribution < -0.4 is 0 Å². The van der Waals surface area contributed by atoms with Crippen LogP contribution in [-0.4, -0.2) is 0 Å². The zero-order chi connectivity index (χ0) is 7.28. The molecule has 0 N–H and O–H groups in total. The van der Waals surface area contributed by atoms with Crippen molar-refractivity contribution in [2.45, 2.75) is 40.5 Å². The fourth-order valence-corrected chi connectivity index (χ4v) is 1.05. The fraction of sp³-hybridized carbons (Fsp3) is 0.889. The SMILES string of the molecule is C[CH]C(C)C(C)CCC. The van der Waals surface area contributed by atoms with Crippen molar-refractivity contribution < 1.29 is 0 Å². The maximum absolute atomic E-state index is 2.33. The summed E-state index contributed by atoms with van der Waals surface area (Å²) in [5.41, 5.74) is 0. The highest BCUT2D eigenvalue weighted by Crippen LogP contribution is 2.18. The lowest BCUT2D eigenvalue weighted by Crippen LogP contribution is -2.06. The first kappa shape index (κ1) is 9.00. The predicted molar refractivity (Wildman–Crippen MR) is 43.2 cm³/mol. The molecule has 2 unspecified atom stereocenters. The van der Waals surface area contributed by atoms with Gasteiger partial charge >= 0.3 is 0 Å². The average molecular weight is 127 g/mol. The lowest BCUT2D eigenvalue weighted by molar-refractivity contribution is 0.403. The summed E-state index contributed by atoms with van der Waals surface area (Å²) in [6.07, 6.45) is 4.98. The van der Waals surface area contributed by atoms with Crippen molar-refractivity contribution in [3.8, 4) is 0 Å². The van der Waals surface area contributed by atoms with E-state index in [-0.39, 0.29) is 0 Å². The van der Waals surface area contributed by atoms with Crippen LogP contribution in [0.25, 0.3) is 0 Å². The minimum absolute atomic E-state index is 0.796. The number of hydrogen-bond donors (Lipinski definition) is 0. The first-order valence-corrected chi connectivity index (χ1v) is 4.01. The molecule has 0 aliphatic rings. The second-order valence-corrected chi connectivity index (χ2v) is 2.96. The summed E-state index contributed by atoms with van der Waals surface area (Å²) >= 11 is 0. The molecule has 0 heteroatoms. The molecule has 9 heavy (non-hydrogen) atoms. The Bertz CT molecular complexity index is 57.1. The lowest BCUT2D eigenvalue weighted by atomic mass is 9.90. The molecular weight excluding hydrogens is 108 g/mol. The second-order valence-electron chi connectivity index (χ2n) is 2.96. The van der Waals surface area contributed by atoms with Gasteiger partial charge in [0.25, 0.3) is 0 Å². The van der Waals surface area contributed by atoms with E-state index in [0.717, 1.165) is 11.8 Å². The number of hydrogen-bond acceptors (Lipinski definition) is 0. The van der Waals surface area contributed by atoms with Gasteiger partial charge in [0.2, 0.25) is 0 Å². The Morgan fingerprint density at radius 3 is 2.22 bits per heavy atom. The Hall–Kier alpha value is 0. The molecule has 2 atom stereocenters. The van der Waals surface area contributed by atoms with Crippen LogP contribution in [0, 0.1) is 18.3 Å². The fourth-order valence-electron chi connectivity index (χ4n) is 1.05. The number of rotatable bonds is 4. The molecule has 0 rings (SSSR count). The van der Waals surface area contributed by atoms with E-state index in [0.29, 0.717) is 0 Å². The molecule has 0 bridgehead atoms. The predicted octanol–water partition coefficient (Wildman–Crippen LogP) is 3.28. The van der Waals surface area contributed by atoms with Crippen molar-refractivity contribution in [2.75, 3.05) is 0 Å². The Labute approximate surface area is 59.7 Å². The van der Waals surface area contributed by atoms with Crippen molar-refractivity contribution in [3.63, 3.8) is 0 Å². The molecule has 0 fully saturated rings. The Kier molecular flexibility index (Phi) is 4.84. The van der Waals surface area contributed by atoms with E-state index >= 15 is 0 Å². The molecular formula is C9H19. The van der Waals surface area contributed by atoms with Gasteiger partial charge in [-0.05, 0) is 18.3 Å². The molecule has 0 saturated heterocycles. The third-order valence-electron chi connectivity index (χ3n) is 2.17. The van der Waals surface area contributed by atoms with Gasteiger partial charge in [-0.3, -0.25) is 0 Å². The summed E-state index contributed by atoms with van der Waals surface area (Å²) in [4.78, 5) is 0. The van der Waals surface area contributed by atoms with Crippen molar-refractivity contribution in [3.05, 3.63) is 6.42 Å². The summed E-state index contributed by atoms with van der Waals surface area (Å²) in [5, 5.41) is 0. The second kappa shape index (κ2) is 4.84. The van der Waals surface area contributed by atoms with Crippen LogP contribution in [0.5, 0.6) is 0 Å². The highest BCUT2D eigenvalue weighted by Gasteiger charge is 2.07. The summed E-state index contributed by atoms with van der Waals surface area (Å²) in [6, 6.07) is 0. The molecule has 0 aliphatic carbocycles. The van der Waals surface area contributed by atoms with Crippen LogP contribution in [0.3, 0.4) is 0 Å². The van der Waals surface area contributed by atoms with Crippen LogP contribution in [0.2, 0.25) is 0 Å². The maximum atomic E-state index is 2.33. The minimum Gasteiger partial charge on any atom is -0.0654 e. The smallest absolute Gasteiger partial charge is 0.0386 e. The van der Waals surface area contributed by atoms with Crippen LogP contribution in [-0.2, 0) is 0 Å². The van der Waals surface area contributed by atoms with Crippen LogP contribution >= 0.6 is 0 Å². The van der Waals surface area contributed by atoms with Gasteiger partial charge in [-0.1, -0.05) is 40.5 Å². The van der Waals surface area contributed by atoms with E-state index in [1.807, 2.05) is 0 Å². The van der Waals surface area contributed by atoms with Gasteiger partial charge in [0, 0.05) is 0 Å². The third kappa shape index (κ3) is 3.56. The topological polar surface area (TPSA) is 0 Å². The summed E-state index contributed by atoms with van der Waals surface area (Å²) in [7, 11) is 0. The molecule has 0 aromatic rings. The molecule has 0 saturated carbocycles. The van der Waals surface area contributed by atoms with Gasteiger partial charge in [0.1, 0.15) is 0 Å². The van der Waals surface area contributed by atoms with Gasteiger partial charge in [-0.15, -0.1) is 0 Å². The standard InChI is InChI=1S/C9H19/c1-5-7-9(4)8(3)6-2/h6,8-9H,5,7H2,1-4H3. The van der Waals surface area contributed by atoms with E-state index in [1.54, 1.807) is 0 Å². The molecule has 0 heterocycles. The van der Waals surface area contributed by atoms with Gasteiger partial charge < -0.3 is 0 Å². The zero-order valence-electron chi connectivity index (χ0n) is 7.15. The third-order valence-corrected chi connectivity index (χ3v) is 2.17. The van der Waals surface area contributed by atoms with Gasteiger partial charge in [-0.2, -0.15) is 0 Å². The van der Waals surface area contributed by atoms with E-state index in [1.165, 1.54) is 12.8 Å². The van der Waals surface area contributed by atoms with Crippen LogP contribution in [0.1, 0.15) is 40.5 Å². The highest BCUT2D eigenvalue weighted by molar-refractivity contribution is 4.71. The normalized spacial score (nSPS) is 17.3. The largest absolute Gasteiger partial charge is 0.0654 e. The van der Waals surface area contributed by atoms with Crippen molar-refractivity contribution in [1.29, 1.82) is 0 Å². The molecule has 1 radical (unpaired) electrons. The first-order valence-electron chi connectivity index (χ1n) is 4.01. The average Bonchev–Trinajstić information content (AvgIpc) is 1.87. The molecule has 0 aliphatic heterocycles. The molecule has 0 aromatic carbocycles. The first-order chi connectivity index (χ1) is 4.22. The highest BCUT2D eigenvalue weighted by atomic mass is 14.1. The zero-order valence-corrected chi connectivity index (χ0v) is 7.15. The summed E-state index contributed by atoms with van der Waals surface area (Å²) < 4.78 is 0. The lowest BCUT2D eigenvalue weighted by Gasteiger charge is -2.16. The molecule has 0 spiro atoms. The van der Waals surface area contributed by atoms with E-state index < -0.39 is 0 Å². The Morgan fingerprint density at radius 2 is 1.89 bits per heavy atom. The van der Waals surface area contributed by atoms with Gasteiger partial charge in [-0.25, -0.2) is 0 Å². The molecule has 55 valence electrons. The molecule has 0 amide bonds. The van der Waals surface area contributed by atoms with Crippen molar-refractivity contribution in [1.82, 2.24) is 0 Å². The van der Waals surface area contributed by atoms with E-state index in [4.69, 9.17) is 0 Å². The van der Waals surface area contributed by atoms with Crippen molar-refractivity contribution >= 4 is 0 Å². The quantitative estimate of drug-likeness (QED) is 0.543.